The molecule has 1 aliphatic heterocycles. The van der Waals surface area contributed by atoms with Crippen molar-refractivity contribution in [1.82, 2.24) is 14.0 Å². The molecule has 10 heteroatoms. The summed E-state index contributed by atoms with van der Waals surface area (Å²) in [7, 11) is 1.30. The zero-order valence-electron chi connectivity index (χ0n) is 20.4. The minimum Gasteiger partial charge on any atom is -0.493 e. The fourth-order valence-corrected chi connectivity index (χ4v) is 4.95. The van der Waals surface area contributed by atoms with Crippen LogP contribution in [0.3, 0.4) is 0 Å². The molecule has 1 amide bonds. The zero-order valence-corrected chi connectivity index (χ0v) is 20.4. The standard InChI is InChI=1S/C27H25F2N3O5/c1-16(33)31-12-9-17-21(31)7-6-8-22(17)32-15-20(25(34)30-10-4-3-5-11-30)18-13-23(36-2)24(37-27(28)29)14-19(18)26(32)35/h6-9,12-15,27H,3-5,10-11H2,1-2H3. The molecule has 37 heavy (non-hydrogen) atoms. The SMILES string of the molecule is COc1cc2c(C(=O)N3CCCCC3)cn(-c3cccc4c3ccn4C(C)=O)c(=O)c2cc1OC(F)F. The van der Waals surface area contributed by atoms with E-state index in [1.807, 2.05) is 0 Å². The first kappa shape index (κ1) is 24.5. The van der Waals surface area contributed by atoms with Crippen molar-refractivity contribution in [1.29, 1.82) is 0 Å². The van der Waals surface area contributed by atoms with Crippen LogP contribution in [0.25, 0.3) is 27.4 Å². The van der Waals surface area contributed by atoms with Gasteiger partial charge in [0.05, 0.1) is 29.3 Å². The fourth-order valence-electron chi connectivity index (χ4n) is 4.95. The number of rotatable bonds is 5. The molecule has 0 radical (unpaired) electrons. The average Bonchev–Trinajstić information content (AvgIpc) is 3.34. The molecule has 4 aromatic rings. The van der Waals surface area contributed by atoms with Gasteiger partial charge >= 0.3 is 6.61 Å². The third kappa shape index (κ3) is 4.32. The second kappa shape index (κ2) is 9.68. The predicted molar refractivity (Wildman–Crippen MR) is 134 cm³/mol. The predicted octanol–water partition coefficient (Wildman–Crippen LogP) is 4.84. The number of nitrogens with zero attached hydrogens (tertiary/aromatic N) is 3. The number of carbonyl (C=O) groups excluding carboxylic acids is 2. The Labute approximate surface area is 210 Å². The molecule has 2 aromatic carbocycles. The second-order valence-electron chi connectivity index (χ2n) is 8.91. The zero-order chi connectivity index (χ0) is 26.3. The third-order valence-corrected chi connectivity index (χ3v) is 6.70. The van der Waals surface area contributed by atoms with Crippen LogP contribution in [0.5, 0.6) is 11.5 Å². The van der Waals surface area contributed by atoms with E-state index in [1.165, 1.54) is 41.5 Å². The van der Waals surface area contributed by atoms with Crippen molar-refractivity contribution in [2.45, 2.75) is 32.8 Å². The molecule has 3 heterocycles. The van der Waals surface area contributed by atoms with Crippen molar-refractivity contribution in [3.63, 3.8) is 0 Å². The molecule has 0 spiro atoms. The molecule has 5 rings (SSSR count). The van der Waals surface area contributed by atoms with Crippen molar-refractivity contribution in [2.24, 2.45) is 0 Å². The van der Waals surface area contributed by atoms with Gasteiger partial charge < -0.3 is 14.4 Å². The highest BCUT2D eigenvalue weighted by atomic mass is 19.3. The Morgan fingerprint density at radius 1 is 0.973 bits per heavy atom. The Morgan fingerprint density at radius 2 is 1.70 bits per heavy atom. The van der Waals surface area contributed by atoms with E-state index in [2.05, 4.69) is 4.74 Å². The number of halogens is 2. The molecule has 8 nitrogen and oxygen atoms in total. The molecule has 0 N–H and O–H groups in total. The quantitative estimate of drug-likeness (QED) is 0.385. The highest BCUT2D eigenvalue weighted by Crippen LogP contribution is 2.35. The third-order valence-electron chi connectivity index (χ3n) is 6.70. The van der Waals surface area contributed by atoms with Crippen LogP contribution in [0.4, 0.5) is 8.78 Å². The summed E-state index contributed by atoms with van der Waals surface area (Å²) in [6.07, 6.45) is 5.87. The minimum atomic E-state index is -3.13. The Morgan fingerprint density at radius 3 is 2.38 bits per heavy atom. The Hall–Kier alpha value is -4.21. The highest BCUT2D eigenvalue weighted by molar-refractivity contribution is 6.08. The van der Waals surface area contributed by atoms with Crippen LogP contribution < -0.4 is 15.0 Å². The molecule has 0 bridgehead atoms. The van der Waals surface area contributed by atoms with Gasteiger partial charge in [-0.3, -0.25) is 23.5 Å². The number of benzene rings is 2. The first-order valence-corrected chi connectivity index (χ1v) is 11.9. The van der Waals surface area contributed by atoms with Crippen LogP contribution >= 0.6 is 0 Å². The molecular weight excluding hydrogens is 484 g/mol. The molecule has 0 atom stereocenters. The summed E-state index contributed by atoms with van der Waals surface area (Å²) in [5, 5.41) is 0.930. The fraction of sp³-hybridized carbons (Fsp3) is 0.296. The lowest BCUT2D eigenvalue weighted by molar-refractivity contribution is -0.0511. The lowest BCUT2D eigenvalue weighted by Crippen LogP contribution is -2.36. The van der Waals surface area contributed by atoms with E-state index in [1.54, 1.807) is 35.4 Å². The van der Waals surface area contributed by atoms with Crippen LogP contribution in [0.2, 0.25) is 0 Å². The maximum absolute atomic E-state index is 13.8. The summed E-state index contributed by atoms with van der Waals surface area (Å²) in [5.41, 5.74) is 0.748. The normalized spacial score (nSPS) is 13.9. The monoisotopic (exact) mass is 509 g/mol. The van der Waals surface area contributed by atoms with E-state index in [0.29, 0.717) is 29.7 Å². The first-order valence-electron chi connectivity index (χ1n) is 11.9. The van der Waals surface area contributed by atoms with Crippen LogP contribution in [-0.2, 0) is 0 Å². The van der Waals surface area contributed by atoms with E-state index in [4.69, 9.17) is 4.74 Å². The van der Waals surface area contributed by atoms with Crippen molar-refractivity contribution >= 4 is 33.5 Å². The number of alkyl halides is 2. The number of likely N-dealkylation sites (tertiary alicyclic amines) is 1. The van der Waals surface area contributed by atoms with Gasteiger partial charge in [-0.2, -0.15) is 8.78 Å². The smallest absolute Gasteiger partial charge is 0.387 e. The summed E-state index contributed by atoms with van der Waals surface area (Å²) in [6.45, 7) is -0.533. The number of pyridine rings is 1. The number of amides is 1. The molecule has 0 unspecified atom stereocenters. The van der Waals surface area contributed by atoms with Gasteiger partial charge in [-0.25, -0.2) is 0 Å². The van der Waals surface area contributed by atoms with E-state index in [0.717, 1.165) is 19.3 Å². The van der Waals surface area contributed by atoms with Gasteiger partial charge in [0.2, 0.25) is 5.91 Å². The maximum Gasteiger partial charge on any atom is 0.387 e. The second-order valence-corrected chi connectivity index (χ2v) is 8.91. The largest absolute Gasteiger partial charge is 0.493 e. The molecular formula is C27H25F2N3O5. The summed E-state index contributed by atoms with van der Waals surface area (Å²) >= 11 is 0. The average molecular weight is 510 g/mol. The summed E-state index contributed by atoms with van der Waals surface area (Å²) in [5.74, 6) is -0.785. The Kier molecular flexibility index (Phi) is 6.41. The molecule has 1 saturated heterocycles. The summed E-state index contributed by atoms with van der Waals surface area (Å²) in [6, 6.07) is 9.46. The number of ether oxygens (including phenoxy) is 2. The number of fused-ring (bicyclic) bond motifs is 2. The van der Waals surface area contributed by atoms with Crippen LogP contribution in [0, 0.1) is 0 Å². The Balaban J connectivity index is 1.81. The number of hydrogen-bond donors (Lipinski definition) is 0. The van der Waals surface area contributed by atoms with Gasteiger partial charge in [0.1, 0.15) is 0 Å². The number of hydrogen-bond acceptors (Lipinski definition) is 5. The molecule has 192 valence electrons. The first-order chi connectivity index (χ1) is 17.8. The van der Waals surface area contributed by atoms with Crippen LogP contribution in [-0.4, -0.2) is 52.7 Å². The lowest BCUT2D eigenvalue weighted by atomic mass is 10.0. The van der Waals surface area contributed by atoms with E-state index in [9.17, 15) is 23.2 Å². The molecule has 0 saturated carbocycles. The number of carbonyl (C=O) groups is 2. The number of piperidine rings is 1. The van der Waals surface area contributed by atoms with E-state index >= 15 is 0 Å². The number of methoxy groups -OCH3 is 1. The van der Waals surface area contributed by atoms with Gasteiger partial charge in [0.25, 0.3) is 11.5 Å². The van der Waals surface area contributed by atoms with Gasteiger partial charge in [-0.05, 0) is 49.6 Å². The van der Waals surface area contributed by atoms with Crippen molar-refractivity contribution in [3.8, 4) is 17.2 Å². The lowest BCUT2D eigenvalue weighted by Gasteiger charge is -2.27. The molecule has 1 aliphatic rings. The number of aromatic nitrogens is 2. The van der Waals surface area contributed by atoms with Gasteiger partial charge in [-0.1, -0.05) is 6.07 Å². The van der Waals surface area contributed by atoms with Gasteiger partial charge in [0, 0.05) is 43.2 Å². The van der Waals surface area contributed by atoms with Crippen molar-refractivity contribution < 1.29 is 27.8 Å². The van der Waals surface area contributed by atoms with Crippen molar-refractivity contribution in [3.05, 3.63) is 64.7 Å². The maximum atomic E-state index is 13.8. The van der Waals surface area contributed by atoms with E-state index in [-0.39, 0.29) is 39.6 Å². The van der Waals surface area contributed by atoms with Crippen molar-refractivity contribution in [2.75, 3.05) is 20.2 Å². The summed E-state index contributed by atoms with van der Waals surface area (Å²) < 4.78 is 38.9. The molecule has 2 aromatic heterocycles. The molecule has 0 aliphatic carbocycles. The van der Waals surface area contributed by atoms with Crippen LogP contribution in [0.15, 0.2) is 53.6 Å². The van der Waals surface area contributed by atoms with Gasteiger partial charge in [-0.15, -0.1) is 0 Å². The highest BCUT2D eigenvalue weighted by Gasteiger charge is 2.25. The van der Waals surface area contributed by atoms with Crippen LogP contribution in [0.1, 0.15) is 41.3 Å². The Bertz CT molecular complexity index is 1580. The minimum absolute atomic E-state index is 0.0155. The van der Waals surface area contributed by atoms with Gasteiger partial charge in [0.15, 0.2) is 11.5 Å². The molecule has 1 fully saturated rings. The van der Waals surface area contributed by atoms with E-state index < -0.39 is 12.2 Å². The summed E-state index contributed by atoms with van der Waals surface area (Å²) in [4.78, 5) is 41.3. The topological polar surface area (TPSA) is 82.8 Å².